The van der Waals surface area contributed by atoms with Gasteiger partial charge in [-0.15, -0.1) is 0 Å². The number of piperidine rings is 1. The lowest BCUT2D eigenvalue weighted by Gasteiger charge is -2.32. The topological polar surface area (TPSA) is 70.6 Å². The smallest absolute Gasteiger partial charge is 0.225 e. The van der Waals surface area contributed by atoms with Crippen LogP contribution < -0.4 is 15.0 Å². The Balaban J connectivity index is 1.59. The molecular weight excluding hydrogens is 354 g/mol. The Kier molecular flexibility index (Phi) is 6.81. The van der Waals surface area contributed by atoms with Gasteiger partial charge < -0.3 is 19.9 Å². The van der Waals surface area contributed by atoms with Crippen LogP contribution in [0.3, 0.4) is 0 Å². The van der Waals surface area contributed by atoms with Crippen LogP contribution in [0.15, 0.2) is 42.7 Å². The van der Waals surface area contributed by atoms with E-state index in [-0.39, 0.29) is 17.9 Å². The van der Waals surface area contributed by atoms with Crippen molar-refractivity contribution in [3.8, 4) is 5.75 Å². The van der Waals surface area contributed by atoms with Gasteiger partial charge in [-0.1, -0.05) is 12.1 Å². The summed E-state index contributed by atoms with van der Waals surface area (Å²) >= 11 is 0. The van der Waals surface area contributed by atoms with Crippen molar-refractivity contribution in [1.82, 2.24) is 20.2 Å². The number of anilines is 1. The van der Waals surface area contributed by atoms with Crippen molar-refractivity contribution in [2.24, 2.45) is 5.92 Å². The van der Waals surface area contributed by atoms with Crippen molar-refractivity contribution in [2.45, 2.75) is 18.9 Å². The molecule has 3 rings (SSSR count). The van der Waals surface area contributed by atoms with E-state index in [2.05, 4.69) is 25.1 Å². The van der Waals surface area contributed by atoms with Gasteiger partial charge in [0.15, 0.2) is 0 Å². The second-order valence-corrected chi connectivity index (χ2v) is 7.33. The fraction of sp³-hybridized carbons (Fsp3) is 0.476. The van der Waals surface area contributed by atoms with Crippen molar-refractivity contribution >= 4 is 11.9 Å². The molecule has 2 unspecified atom stereocenters. The summed E-state index contributed by atoms with van der Waals surface area (Å²) in [4.78, 5) is 25.7. The standard InChI is InChI=1S/C21H29N5O2/c1-25(2)19(16-7-9-18(28-3)10-8-16)14-24-20(27)17-6-4-13-26(15-17)21-22-11-5-12-23-21/h5,7-12,17,19H,4,6,13-15H2,1-3H3,(H,24,27). The number of amides is 1. The molecule has 1 aliphatic rings. The summed E-state index contributed by atoms with van der Waals surface area (Å²) in [5.41, 5.74) is 1.15. The largest absolute Gasteiger partial charge is 0.497 e. The number of carbonyl (C=O) groups is 1. The molecular formula is C21H29N5O2. The highest BCUT2D eigenvalue weighted by atomic mass is 16.5. The molecule has 1 aromatic carbocycles. The molecule has 2 aromatic rings. The van der Waals surface area contributed by atoms with Crippen LogP contribution in [0.1, 0.15) is 24.4 Å². The molecule has 1 N–H and O–H groups in total. The number of aromatic nitrogens is 2. The predicted molar refractivity (Wildman–Crippen MR) is 109 cm³/mol. The molecule has 0 bridgehead atoms. The minimum atomic E-state index is -0.0452. The van der Waals surface area contributed by atoms with E-state index in [1.165, 1.54) is 0 Å². The molecule has 7 nitrogen and oxygen atoms in total. The summed E-state index contributed by atoms with van der Waals surface area (Å²) in [6, 6.07) is 9.90. The molecule has 0 saturated carbocycles. The van der Waals surface area contributed by atoms with Crippen LogP contribution in [0, 0.1) is 5.92 Å². The van der Waals surface area contributed by atoms with Gasteiger partial charge in [-0.3, -0.25) is 4.79 Å². The number of hydrogen-bond donors (Lipinski definition) is 1. The first-order valence-electron chi connectivity index (χ1n) is 9.68. The fourth-order valence-corrected chi connectivity index (χ4v) is 3.59. The van der Waals surface area contributed by atoms with Gasteiger partial charge in [-0.05, 0) is 50.7 Å². The average molecular weight is 383 g/mol. The van der Waals surface area contributed by atoms with Crippen molar-refractivity contribution in [1.29, 1.82) is 0 Å². The van der Waals surface area contributed by atoms with E-state index in [4.69, 9.17) is 4.74 Å². The van der Waals surface area contributed by atoms with Gasteiger partial charge in [-0.2, -0.15) is 0 Å². The molecule has 1 saturated heterocycles. The highest BCUT2D eigenvalue weighted by Gasteiger charge is 2.27. The highest BCUT2D eigenvalue weighted by molar-refractivity contribution is 5.79. The third kappa shape index (κ3) is 4.98. The van der Waals surface area contributed by atoms with E-state index in [9.17, 15) is 4.79 Å². The SMILES string of the molecule is COc1ccc(C(CNC(=O)C2CCCN(c3ncccn3)C2)N(C)C)cc1. The van der Waals surface area contributed by atoms with Crippen LogP contribution in [-0.4, -0.2) is 61.6 Å². The maximum Gasteiger partial charge on any atom is 0.225 e. The second kappa shape index (κ2) is 9.50. The molecule has 150 valence electrons. The molecule has 1 fully saturated rings. The maximum absolute atomic E-state index is 12.8. The first-order chi connectivity index (χ1) is 13.6. The zero-order chi connectivity index (χ0) is 19.9. The van der Waals surface area contributed by atoms with Crippen molar-refractivity contribution in [3.05, 3.63) is 48.3 Å². The summed E-state index contributed by atoms with van der Waals surface area (Å²) in [5.74, 6) is 1.58. The summed E-state index contributed by atoms with van der Waals surface area (Å²) in [5, 5.41) is 3.15. The van der Waals surface area contributed by atoms with E-state index < -0.39 is 0 Å². The summed E-state index contributed by atoms with van der Waals surface area (Å²) in [6.07, 6.45) is 5.33. The third-order valence-corrected chi connectivity index (χ3v) is 5.22. The van der Waals surface area contributed by atoms with Crippen molar-refractivity contribution < 1.29 is 9.53 Å². The molecule has 1 aliphatic heterocycles. The monoisotopic (exact) mass is 383 g/mol. The number of ether oxygens (including phenoxy) is 1. The molecule has 1 aromatic heterocycles. The zero-order valence-electron chi connectivity index (χ0n) is 16.8. The molecule has 0 spiro atoms. The first kappa shape index (κ1) is 20.1. The molecule has 2 heterocycles. The van der Waals surface area contributed by atoms with Gasteiger partial charge in [0.1, 0.15) is 5.75 Å². The molecule has 2 atom stereocenters. The lowest BCUT2D eigenvalue weighted by Crippen LogP contribution is -2.45. The Bertz CT molecular complexity index is 751. The molecule has 1 amide bonds. The van der Waals surface area contributed by atoms with Gasteiger partial charge in [0.2, 0.25) is 11.9 Å². The number of nitrogens with zero attached hydrogens (tertiary/aromatic N) is 4. The predicted octanol–water partition coefficient (Wildman–Crippen LogP) is 2.12. The van der Waals surface area contributed by atoms with Crippen LogP contribution in [0.4, 0.5) is 5.95 Å². The number of nitrogens with one attached hydrogen (secondary N) is 1. The lowest BCUT2D eigenvalue weighted by atomic mass is 9.97. The Hall–Kier alpha value is -2.67. The Labute approximate surface area is 166 Å². The van der Waals surface area contributed by atoms with E-state index in [1.54, 1.807) is 25.6 Å². The maximum atomic E-state index is 12.8. The zero-order valence-corrected chi connectivity index (χ0v) is 16.8. The van der Waals surface area contributed by atoms with Gasteiger partial charge >= 0.3 is 0 Å². The Morgan fingerprint density at radius 1 is 1.29 bits per heavy atom. The minimum absolute atomic E-state index is 0.0452. The normalized spacial score (nSPS) is 18.0. The average Bonchev–Trinajstić information content (AvgIpc) is 2.74. The Morgan fingerprint density at radius 2 is 2.00 bits per heavy atom. The summed E-state index contributed by atoms with van der Waals surface area (Å²) in [6.45, 7) is 2.11. The first-order valence-corrected chi connectivity index (χ1v) is 9.68. The fourth-order valence-electron chi connectivity index (χ4n) is 3.59. The van der Waals surface area contributed by atoms with Crippen molar-refractivity contribution in [3.63, 3.8) is 0 Å². The number of carbonyl (C=O) groups excluding carboxylic acids is 1. The quantitative estimate of drug-likeness (QED) is 0.790. The van der Waals surface area contributed by atoms with Gasteiger partial charge in [0.25, 0.3) is 0 Å². The van der Waals surface area contributed by atoms with Gasteiger partial charge in [-0.25, -0.2) is 9.97 Å². The van der Waals surface area contributed by atoms with Crippen molar-refractivity contribution in [2.75, 3.05) is 45.7 Å². The minimum Gasteiger partial charge on any atom is -0.497 e. The number of rotatable bonds is 7. The number of methoxy groups -OCH3 is 1. The van der Waals surface area contributed by atoms with Crippen LogP contribution >= 0.6 is 0 Å². The number of benzene rings is 1. The third-order valence-electron chi connectivity index (χ3n) is 5.22. The van der Waals surface area contributed by atoms with Crippen LogP contribution in [0.5, 0.6) is 5.75 Å². The number of hydrogen-bond acceptors (Lipinski definition) is 6. The van der Waals surface area contributed by atoms with E-state index >= 15 is 0 Å². The van der Waals surface area contributed by atoms with Gasteiger partial charge in [0, 0.05) is 32.0 Å². The van der Waals surface area contributed by atoms with Crippen LogP contribution in [0.2, 0.25) is 0 Å². The molecule has 0 radical (unpaired) electrons. The van der Waals surface area contributed by atoms with Gasteiger partial charge in [0.05, 0.1) is 19.1 Å². The van der Waals surface area contributed by atoms with Crippen LogP contribution in [0.25, 0.3) is 0 Å². The highest BCUT2D eigenvalue weighted by Crippen LogP contribution is 2.22. The van der Waals surface area contributed by atoms with E-state index in [1.807, 2.05) is 38.4 Å². The lowest BCUT2D eigenvalue weighted by molar-refractivity contribution is -0.125. The van der Waals surface area contributed by atoms with Crippen LogP contribution in [-0.2, 0) is 4.79 Å². The van der Waals surface area contributed by atoms with E-state index in [0.29, 0.717) is 19.0 Å². The number of likely N-dealkylation sites (N-methyl/N-ethyl adjacent to an activating group) is 1. The molecule has 0 aliphatic carbocycles. The summed E-state index contributed by atoms with van der Waals surface area (Å²) < 4.78 is 5.24. The summed E-state index contributed by atoms with van der Waals surface area (Å²) in [7, 11) is 5.71. The van der Waals surface area contributed by atoms with E-state index in [0.717, 1.165) is 30.7 Å². The second-order valence-electron chi connectivity index (χ2n) is 7.33. The molecule has 7 heteroatoms. The molecule has 28 heavy (non-hydrogen) atoms. The Morgan fingerprint density at radius 3 is 2.64 bits per heavy atom.